The average molecular weight is 300 g/mol. The number of likely N-dealkylation sites (tertiary alicyclic amines) is 1. The van der Waals surface area contributed by atoms with Crippen LogP contribution in [0.1, 0.15) is 17.5 Å². The molecular formula is C14H15F3N2O2. The summed E-state index contributed by atoms with van der Waals surface area (Å²) in [5.74, 6) is -0.629. The van der Waals surface area contributed by atoms with Crippen LogP contribution >= 0.6 is 0 Å². The molecule has 1 atom stereocenters. The van der Waals surface area contributed by atoms with E-state index in [2.05, 4.69) is 5.32 Å². The molecule has 1 aromatic rings. The molecule has 4 nitrogen and oxygen atoms in total. The number of benzene rings is 1. The molecule has 1 saturated heterocycles. The summed E-state index contributed by atoms with van der Waals surface area (Å²) in [4.78, 5) is 25.0. The lowest BCUT2D eigenvalue weighted by atomic mass is 10.1. The number of carbonyl (C=O) groups is 2. The third-order valence-corrected chi connectivity index (χ3v) is 3.38. The van der Waals surface area contributed by atoms with Crippen molar-refractivity contribution in [2.24, 2.45) is 0 Å². The molecule has 0 spiro atoms. The van der Waals surface area contributed by atoms with Gasteiger partial charge in [0.25, 0.3) is 0 Å². The van der Waals surface area contributed by atoms with Gasteiger partial charge in [-0.2, -0.15) is 13.2 Å². The van der Waals surface area contributed by atoms with Gasteiger partial charge < -0.3 is 10.2 Å². The summed E-state index contributed by atoms with van der Waals surface area (Å²) in [6.45, 7) is 0.563. The highest BCUT2D eigenvalue weighted by atomic mass is 19.4. The van der Waals surface area contributed by atoms with Gasteiger partial charge in [0.1, 0.15) is 6.04 Å². The molecule has 1 aliphatic heterocycles. The zero-order chi connectivity index (χ0) is 15.6. The third kappa shape index (κ3) is 3.74. The molecule has 2 amide bonds. The van der Waals surface area contributed by atoms with Crippen molar-refractivity contribution in [1.29, 1.82) is 0 Å². The van der Waals surface area contributed by atoms with Gasteiger partial charge in [-0.25, -0.2) is 0 Å². The van der Waals surface area contributed by atoms with E-state index in [9.17, 15) is 22.8 Å². The molecule has 0 unspecified atom stereocenters. The van der Waals surface area contributed by atoms with Crippen molar-refractivity contribution in [1.82, 2.24) is 10.2 Å². The van der Waals surface area contributed by atoms with Crippen LogP contribution in [0.25, 0.3) is 0 Å². The largest absolute Gasteiger partial charge is 0.416 e. The summed E-state index contributed by atoms with van der Waals surface area (Å²) in [5.41, 5.74) is -0.523. The topological polar surface area (TPSA) is 49.4 Å². The number of likely N-dealkylation sites (N-methyl/N-ethyl adjacent to an activating group) is 1. The summed E-state index contributed by atoms with van der Waals surface area (Å²) in [6, 6.07) is 4.05. The van der Waals surface area contributed by atoms with Gasteiger partial charge >= 0.3 is 6.18 Å². The standard InChI is InChI=1S/C14H15F3N2O2/c1-19-6-5-11(13(19)21)18-12(20)8-9-3-2-4-10(7-9)14(15,16)17/h2-4,7,11H,5-6,8H2,1H3,(H,18,20)/t11-/m0/s1. The minimum atomic E-state index is -4.43. The maximum Gasteiger partial charge on any atom is 0.416 e. The van der Waals surface area contributed by atoms with Crippen molar-refractivity contribution in [2.75, 3.05) is 13.6 Å². The number of hydrogen-bond acceptors (Lipinski definition) is 2. The smallest absolute Gasteiger partial charge is 0.344 e. The van der Waals surface area contributed by atoms with Crippen molar-refractivity contribution in [2.45, 2.75) is 25.1 Å². The molecule has 0 saturated carbocycles. The van der Waals surface area contributed by atoms with Crippen molar-refractivity contribution in [3.63, 3.8) is 0 Å². The molecule has 114 valence electrons. The van der Waals surface area contributed by atoms with E-state index in [1.54, 1.807) is 7.05 Å². The van der Waals surface area contributed by atoms with E-state index in [0.717, 1.165) is 12.1 Å². The molecule has 21 heavy (non-hydrogen) atoms. The first-order valence-electron chi connectivity index (χ1n) is 6.48. The normalized spacial score (nSPS) is 19.0. The predicted molar refractivity (Wildman–Crippen MR) is 69.3 cm³/mol. The number of nitrogens with zero attached hydrogens (tertiary/aromatic N) is 1. The van der Waals surface area contributed by atoms with Gasteiger partial charge in [0.2, 0.25) is 11.8 Å². The fourth-order valence-electron chi connectivity index (χ4n) is 2.24. The van der Waals surface area contributed by atoms with Crippen LogP contribution in [0.2, 0.25) is 0 Å². The van der Waals surface area contributed by atoms with Crippen LogP contribution in [0.4, 0.5) is 13.2 Å². The van der Waals surface area contributed by atoms with Crippen LogP contribution in [-0.2, 0) is 22.2 Å². The second kappa shape index (κ2) is 5.75. The van der Waals surface area contributed by atoms with Crippen LogP contribution in [0, 0.1) is 0 Å². The highest BCUT2D eigenvalue weighted by molar-refractivity contribution is 5.89. The lowest BCUT2D eigenvalue weighted by molar-refractivity contribution is -0.137. The molecule has 1 fully saturated rings. The Labute approximate surface area is 119 Å². The van der Waals surface area contributed by atoms with Gasteiger partial charge in [-0.05, 0) is 18.1 Å². The SMILES string of the molecule is CN1CC[C@H](NC(=O)Cc2cccc(C(F)(F)F)c2)C1=O. The first-order chi connectivity index (χ1) is 9.77. The number of nitrogens with one attached hydrogen (secondary N) is 1. The summed E-state index contributed by atoms with van der Waals surface area (Å²) < 4.78 is 37.7. The first-order valence-corrected chi connectivity index (χ1v) is 6.48. The van der Waals surface area contributed by atoms with Crippen LogP contribution < -0.4 is 5.32 Å². The van der Waals surface area contributed by atoms with Crippen LogP contribution in [0.5, 0.6) is 0 Å². The zero-order valence-corrected chi connectivity index (χ0v) is 11.4. The average Bonchev–Trinajstić information content (AvgIpc) is 2.70. The van der Waals surface area contributed by atoms with E-state index in [1.807, 2.05) is 0 Å². The Kier molecular flexibility index (Phi) is 4.20. The Morgan fingerprint density at radius 1 is 1.43 bits per heavy atom. The minimum Gasteiger partial charge on any atom is -0.344 e. The predicted octanol–water partition coefficient (Wildman–Crippen LogP) is 1.59. The lowest BCUT2D eigenvalue weighted by Gasteiger charge is -2.13. The van der Waals surface area contributed by atoms with Gasteiger partial charge in [0, 0.05) is 13.6 Å². The molecular weight excluding hydrogens is 285 g/mol. The second-order valence-electron chi connectivity index (χ2n) is 5.04. The highest BCUT2D eigenvalue weighted by Crippen LogP contribution is 2.29. The quantitative estimate of drug-likeness (QED) is 0.921. The molecule has 1 N–H and O–H groups in total. The van der Waals surface area contributed by atoms with E-state index in [4.69, 9.17) is 0 Å². The fourth-order valence-corrected chi connectivity index (χ4v) is 2.24. The van der Waals surface area contributed by atoms with E-state index < -0.39 is 23.7 Å². The van der Waals surface area contributed by atoms with Crippen molar-refractivity contribution < 1.29 is 22.8 Å². The number of halogens is 3. The molecule has 1 aromatic carbocycles. The van der Waals surface area contributed by atoms with Crippen LogP contribution in [0.15, 0.2) is 24.3 Å². The van der Waals surface area contributed by atoms with E-state index in [1.165, 1.54) is 17.0 Å². The van der Waals surface area contributed by atoms with Gasteiger partial charge in [0.05, 0.1) is 12.0 Å². The van der Waals surface area contributed by atoms with E-state index in [0.29, 0.717) is 13.0 Å². The first kappa shape index (κ1) is 15.3. The van der Waals surface area contributed by atoms with Crippen molar-refractivity contribution in [3.05, 3.63) is 35.4 Å². The van der Waals surface area contributed by atoms with Crippen LogP contribution in [0.3, 0.4) is 0 Å². The zero-order valence-electron chi connectivity index (χ0n) is 11.4. The molecule has 1 aliphatic rings. The van der Waals surface area contributed by atoms with Gasteiger partial charge in [-0.1, -0.05) is 18.2 Å². The number of hydrogen-bond donors (Lipinski definition) is 1. The molecule has 0 bridgehead atoms. The number of rotatable bonds is 3. The molecule has 2 rings (SSSR count). The van der Waals surface area contributed by atoms with Gasteiger partial charge in [-0.15, -0.1) is 0 Å². The Morgan fingerprint density at radius 3 is 2.71 bits per heavy atom. The maximum atomic E-state index is 12.6. The third-order valence-electron chi connectivity index (χ3n) is 3.38. The van der Waals surface area contributed by atoms with Gasteiger partial charge in [-0.3, -0.25) is 9.59 Å². The maximum absolute atomic E-state index is 12.6. The monoisotopic (exact) mass is 300 g/mol. The van der Waals surface area contributed by atoms with Crippen LogP contribution in [-0.4, -0.2) is 36.3 Å². The van der Waals surface area contributed by atoms with Crippen molar-refractivity contribution >= 4 is 11.8 Å². The summed E-state index contributed by atoms with van der Waals surface area (Å²) in [7, 11) is 1.64. The Morgan fingerprint density at radius 2 is 2.14 bits per heavy atom. The molecule has 7 heteroatoms. The molecule has 0 radical (unpaired) electrons. The molecule has 0 aliphatic carbocycles. The fraction of sp³-hybridized carbons (Fsp3) is 0.429. The summed E-state index contributed by atoms with van der Waals surface area (Å²) in [6.07, 6.45) is -4.10. The summed E-state index contributed by atoms with van der Waals surface area (Å²) >= 11 is 0. The number of carbonyl (C=O) groups excluding carboxylic acids is 2. The Bertz CT molecular complexity index is 557. The number of amides is 2. The highest BCUT2D eigenvalue weighted by Gasteiger charge is 2.31. The minimum absolute atomic E-state index is 0.174. The lowest BCUT2D eigenvalue weighted by Crippen LogP contribution is -2.41. The van der Waals surface area contributed by atoms with E-state index in [-0.39, 0.29) is 17.9 Å². The second-order valence-corrected chi connectivity index (χ2v) is 5.04. The molecule has 1 heterocycles. The summed E-state index contributed by atoms with van der Waals surface area (Å²) in [5, 5.41) is 2.55. The van der Waals surface area contributed by atoms with E-state index >= 15 is 0 Å². The Balaban J connectivity index is 1.99. The Hall–Kier alpha value is -2.05. The molecule has 0 aromatic heterocycles. The van der Waals surface area contributed by atoms with Crippen molar-refractivity contribution in [3.8, 4) is 0 Å². The number of alkyl halides is 3. The van der Waals surface area contributed by atoms with Gasteiger partial charge in [0.15, 0.2) is 0 Å².